The van der Waals surface area contributed by atoms with Crippen LogP contribution in [-0.4, -0.2) is 61.0 Å². The number of carbonyl (C=O) groups is 2. The zero-order chi connectivity index (χ0) is 18.0. The van der Waals surface area contributed by atoms with Crippen LogP contribution in [-0.2, 0) is 16.0 Å². The first-order chi connectivity index (χ1) is 12.0. The smallest absolute Gasteiger partial charge is 0.227 e. The second kappa shape index (κ2) is 7.52. The number of ether oxygens (including phenoxy) is 2. The van der Waals surface area contributed by atoms with Gasteiger partial charge in [-0.05, 0) is 17.7 Å². The fourth-order valence-corrected chi connectivity index (χ4v) is 3.38. The first-order valence-electron chi connectivity index (χ1n) is 8.60. The van der Waals surface area contributed by atoms with Gasteiger partial charge in [-0.1, -0.05) is 25.4 Å². The highest BCUT2D eigenvalue weighted by Gasteiger charge is 2.26. The lowest BCUT2D eigenvalue weighted by Crippen LogP contribution is -2.51. The first-order valence-corrected chi connectivity index (χ1v) is 8.98. The van der Waals surface area contributed by atoms with Gasteiger partial charge in [0.25, 0.3) is 0 Å². The molecule has 2 amide bonds. The lowest BCUT2D eigenvalue weighted by atomic mass is 10.1. The maximum Gasteiger partial charge on any atom is 0.227 e. The molecule has 0 unspecified atom stereocenters. The topological polar surface area (TPSA) is 59.1 Å². The highest BCUT2D eigenvalue weighted by Crippen LogP contribution is 2.38. The summed E-state index contributed by atoms with van der Waals surface area (Å²) >= 11 is 6.23. The van der Waals surface area contributed by atoms with Crippen LogP contribution < -0.4 is 9.47 Å². The number of piperazine rings is 1. The maximum atomic E-state index is 12.6. The van der Waals surface area contributed by atoms with Crippen molar-refractivity contribution < 1.29 is 19.1 Å². The van der Waals surface area contributed by atoms with Crippen LogP contribution in [0.2, 0.25) is 5.02 Å². The Hall–Kier alpha value is -1.95. The van der Waals surface area contributed by atoms with E-state index in [9.17, 15) is 9.59 Å². The van der Waals surface area contributed by atoms with E-state index in [1.165, 1.54) is 0 Å². The molecule has 3 rings (SSSR count). The Bertz CT molecular complexity index is 669. The Balaban J connectivity index is 1.60. The van der Waals surface area contributed by atoms with Crippen molar-refractivity contribution in [3.63, 3.8) is 0 Å². The molecule has 0 radical (unpaired) electrons. The molecule has 7 heteroatoms. The Labute approximate surface area is 152 Å². The van der Waals surface area contributed by atoms with Crippen LogP contribution in [0.4, 0.5) is 0 Å². The molecule has 2 heterocycles. The molecule has 2 aliphatic heterocycles. The number of nitrogens with zero attached hydrogens (tertiary/aromatic N) is 2. The van der Waals surface area contributed by atoms with E-state index in [0.29, 0.717) is 55.9 Å². The summed E-state index contributed by atoms with van der Waals surface area (Å²) in [4.78, 5) is 28.2. The zero-order valence-corrected chi connectivity index (χ0v) is 15.3. The van der Waals surface area contributed by atoms with Crippen molar-refractivity contribution >= 4 is 23.4 Å². The number of halogens is 1. The van der Waals surface area contributed by atoms with Crippen molar-refractivity contribution in [2.75, 3.05) is 39.4 Å². The molecule has 136 valence electrons. The van der Waals surface area contributed by atoms with E-state index < -0.39 is 0 Å². The SMILES string of the molecule is CC(C)C(=O)N1CCN(C(=O)Cc2cc(Cl)c3c(c2)OCCO3)CC1. The van der Waals surface area contributed by atoms with E-state index in [0.717, 1.165) is 5.56 Å². The van der Waals surface area contributed by atoms with Gasteiger partial charge in [0.15, 0.2) is 11.5 Å². The van der Waals surface area contributed by atoms with E-state index in [1.54, 1.807) is 11.0 Å². The number of benzene rings is 1. The van der Waals surface area contributed by atoms with E-state index in [4.69, 9.17) is 21.1 Å². The summed E-state index contributed by atoms with van der Waals surface area (Å²) in [6.07, 6.45) is 0.258. The molecule has 0 bridgehead atoms. The van der Waals surface area contributed by atoms with Gasteiger partial charge in [-0.15, -0.1) is 0 Å². The van der Waals surface area contributed by atoms with Crippen LogP contribution in [0.5, 0.6) is 11.5 Å². The molecule has 1 aromatic carbocycles. The van der Waals surface area contributed by atoms with E-state index in [-0.39, 0.29) is 24.2 Å². The summed E-state index contributed by atoms with van der Waals surface area (Å²) < 4.78 is 11.1. The maximum absolute atomic E-state index is 12.6. The number of hydrogen-bond acceptors (Lipinski definition) is 4. The molecule has 0 aromatic heterocycles. The third-order valence-corrected chi connectivity index (χ3v) is 4.73. The Morgan fingerprint density at radius 2 is 1.72 bits per heavy atom. The largest absolute Gasteiger partial charge is 0.486 e. The Kier molecular flexibility index (Phi) is 5.37. The van der Waals surface area contributed by atoms with Gasteiger partial charge in [0.1, 0.15) is 13.2 Å². The molecule has 0 saturated carbocycles. The van der Waals surface area contributed by atoms with Gasteiger partial charge in [0, 0.05) is 32.1 Å². The van der Waals surface area contributed by atoms with Crippen molar-refractivity contribution in [3.8, 4) is 11.5 Å². The number of carbonyl (C=O) groups excluding carboxylic acids is 2. The number of fused-ring (bicyclic) bond motifs is 1. The van der Waals surface area contributed by atoms with E-state index in [1.807, 2.05) is 24.8 Å². The fraction of sp³-hybridized carbons (Fsp3) is 0.556. The molecular formula is C18H23ClN2O4. The minimum atomic E-state index is -0.0119. The van der Waals surface area contributed by atoms with Gasteiger partial charge in [0.05, 0.1) is 11.4 Å². The standard InChI is InChI=1S/C18H23ClN2O4/c1-12(2)18(23)21-5-3-20(4-6-21)16(22)11-13-9-14(19)17-15(10-13)24-7-8-25-17/h9-10,12H,3-8,11H2,1-2H3. The van der Waals surface area contributed by atoms with Gasteiger partial charge in [-0.25, -0.2) is 0 Å². The predicted octanol–water partition coefficient (Wildman–Crippen LogP) is 1.98. The summed E-state index contributed by atoms with van der Waals surface area (Å²) in [5.74, 6) is 1.30. The van der Waals surface area contributed by atoms with Gasteiger partial charge in [-0.2, -0.15) is 0 Å². The normalized spacial score (nSPS) is 17.0. The third kappa shape index (κ3) is 4.00. The number of rotatable bonds is 3. The highest BCUT2D eigenvalue weighted by molar-refractivity contribution is 6.32. The van der Waals surface area contributed by atoms with Gasteiger partial charge in [-0.3, -0.25) is 9.59 Å². The van der Waals surface area contributed by atoms with Gasteiger partial charge < -0.3 is 19.3 Å². The van der Waals surface area contributed by atoms with Crippen molar-refractivity contribution in [2.45, 2.75) is 20.3 Å². The second-order valence-corrected chi connectivity index (χ2v) is 7.05. The van der Waals surface area contributed by atoms with Crippen LogP contribution >= 0.6 is 11.6 Å². The molecule has 2 aliphatic rings. The Morgan fingerprint density at radius 1 is 1.08 bits per heavy atom. The minimum Gasteiger partial charge on any atom is -0.486 e. The third-order valence-electron chi connectivity index (χ3n) is 4.45. The van der Waals surface area contributed by atoms with Gasteiger partial charge in [0.2, 0.25) is 11.8 Å². The quantitative estimate of drug-likeness (QED) is 0.820. The molecule has 1 aromatic rings. The molecule has 0 atom stereocenters. The van der Waals surface area contributed by atoms with E-state index >= 15 is 0 Å². The highest BCUT2D eigenvalue weighted by atomic mass is 35.5. The monoisotopic (exact) mass is 366 g/mol. The average Bonchev–Trinajstić information content (AvgIpc) is 2.61. The molecule has 6 nitrogen and oxygen atoms in total. The summed E-state index contributed by atoms with van der Waals surface area (Å²) in [6.45, 7) is 7.05. The van der Waals surface area contributed by atoms with Crippen LogP contribution in [0.25, 0.3) is 0 Å². The van der Waals surface area contributed by atoms with Crippen LogP contribution in [0.3, 0.4) is 0 Å². The van der Waals surface area contributed by atoms with Crippen LogP contribution in [0, 0.1) is 5.92 Å². The molecule has 1 fully saturated rings. The molecule has 0 aliphatic carbocycles. The van der Waals surface area contributed by atoms with Crippen molar-refractivity contribution in [2.24, 2.45) is 5.92 Å². The molecular weight excluding hydrogens is 344 g/mol. The summed E-state index contributed by atoms with van der Waals surface area (Å²) in [5, 5.41) is 0.465. The lowest BCUT2D eigenvalue weighted by Gasteiger charge is -2.35. The summed E-state index contributed by atoms with van der Waals surface area (Å²) in [5.41, 5.74) is 0.805. The average molecular weight is 367 g/mol. The van der Waals surface area contributed by atoms with Crippen LogP contribution in [0.15, 0.2) is 12.1 Å². The number of amides is 2. The van der Waals surface area contributed by atoms with E-state index in [2.05, 4.69) is 0 Å². The van der Waals surface area contributed by atoms with Crippen molar-refractivity contribution in [3.05, 3.63) is 22.7 Å². The molecule has 0 spiro atoms. The molecule has 1 saturated heterocycles. The zero-order valence-electron chi connectivity index (χ0n) is 14.6. The van der Waals surface area contributed by atoms with Crippen molar-refractivity contribution in [1.29, 1.82) is 0 Å². The number of hydrogen-bond donors (Lipinski definition) is 0. The lowest BCUT2D eigenvalue weighted by molar-refractivity contribution is -0.141. The molecule has 0 N–H and O–H groups in total. The predicted molar refractivity (Wildman–Crippen MR) is 94.1 cm³/mol. The first kappa shape index (κ1) is 17.9. The van der Waals surface area contributed by atoms with Crippen molar-refractivity contribution in [1.82, 2.24) is 9.80 Å². The Morgan fingerprint density at radius 3 is 2.40 bits per heavy atom. The molecule has 25 heavy (non-hydrogen) atoms. The summed E-state index contributed by atoms with van der Waals surface area (Å²) in [7, 11) is 0. The summed E-state index contributed by atoms with van der Waals surface area (Å²) in [6, 6.07) is 3.57. The van der Waals surface area contributed by atoms with Crippen LogP contribution in [0.1, 0.15) is 19.4 Å². The minimum absolute atomic E-state index is 0.0119. The fourth-order valence-electron chi connectivity index (χ4n) is 3.09. The van der Waals surface area contributed by atoms with Gasteiger partial charge >= 0.3 is 0 Å². The second-order valence-electron chi connectivity index (χ2n) is 6.64.